The van der Waals surface area contributed by atoms with Gasteiger partial charge in [0.2, 0.25) is 5.82 Å². The van der Waals surface area contributed by atoms with Crippen molar-refractivity contribution < 1.29 is 9.26 Å². The molecule has 7 heteroatoms. The third kappa shape index (κ3) is 4.13. The molecule has 0 aliphatic heterocycles. The summed E-state index contributed by atoms with van der Waals surface area (Å²) in [6, 6.07) is 22.0. The number of hydrogen-bond acceptors (Lipinski definition) is 5. The van der Waals surface area contributed by atoms with Gasteiger partial charge >= 0.3 is 0 Å². The summed E-state index contributed by atoms with van der Waals surface area (Å²) in [5.41, 5.74) is 1.95. The zero-order valence-corrected chi connectivity index (χ0v) is 18.8. The Morgan fingerprint density at radius 2 is 1.73 bits per heavy atom. The molecule has 0 radical (unpaired) electrons. The van der Waals surface area contributed by atoms with Crippen LogP contribution in [0.5, 0.6) is 5.75 Å². The molecule has 3 aromatic carbocycles. The topological polar surface area (TPSA) is 70.2 Å². The molecule has 2 aromatic heterocycles. The Hall–Kier alpha value is -3.90. The molecule has 0 fully saturated rings. The minimum absolute atomic E-state index is 0.0936. The molecule has 6 nitrogen and oxygen atoms in total. The van der Waals surface area contributed by atoms with Crippen molar-refractivity contribution in [2.24, 2.45) is 0 Å². The molecule has 0 amide bonds. The van der Waals surface area contributed by atoms with Crippen molar-refractivity contribution in [3.8, 4) is 34.3 Å². The predicted octanol–water partition coefficient (Wildman–Crippen LogP) is 6.15. The van der Waals surface area contributed by atoms with E-state index in [1.54, 1.807) is 35.0 Å². The van der Waals surface area contributed by atoms with Crippen LogP contribution in [0.4, 0.5) is 0 Å². The van der Waals surface area contributed by atoms with E-state index in [0.717, 1.165) is 16.7 Å². The van der Waals surface area contributed by atoms with Crippen LogP contribution in [0, 0.1) is 0 Å². The fourth-order valence-corrected chi connectivity index (χ4v) is 3.87. The highest BCUT2D eigenvalue weighted by molar-refractivity contribution is 6.30. The van der Waals surface area contributed by atoms with Crippen molar-refractivity contribution in [1.82, 2.24) is 14.7 Å². The minimum atomic E-state index is -0.155. The van der Waals surface area contributed by atoms with E-state index < -0.39 is 0 Å². The van der Waals surface area contributed by atoms with Crippen LogP contribution in [0.15, 0.2) is 88.3 Å². The van der Waals surface area contributed by atoms with Crippen molar-refractivity contribution in [2.45, 2.75) is 20.0 Å². The lowest BCUT2D eigenvalue weighted by Gasteiger charge is -2.10. The van der Waals surface area contributed by atoms with Gasteiger partial charge in [0.05, 0.1) is 17.4 Å². The largest absolute Gasteiger partial charge is 0.491 e. The third-order valence-corrected chi connectivity index (χ3v) is 5.39. The highest BCUT2D eigenvalue weighted by Crippen LogP contribution is 2.29. The Balaban J connectivity index is 1.61. The highest BCUT2D eigenvalue weighted by atomic mass is 35.5. The average molecular weight is 458 g/mol. The Bertz CT molecular complexity index is 1500. The summed E-state index contributed by atoms with van der Waals surface area (Å²) in [7, 11) is 0. The second-order valence-corrected chi connectivity index (χ2v) is 8.29. The van der Waals surface area contributed by atoms with Crippen LogP contribution in [0.3, 0.4) is 0 Å². The lowest BCUT2D eigenvalue weighted by Crippen LogP contribution is -2.18. The molecular weight excluding hydrogens is 438 g/mol. The molecule has 33 heavy (non-hydrogen) atoms. The van der Waals surface area contributed by atoms with E-state index in [2.05, 4.69) is 10.1 Å². The van der Waals surface area contributed by atoms with Crippen LogP contribution in [-0.2, 0) is 0 Å². The van der Waals surface area contributed by atoms with Crippen LogP contribution in [-0.4, -0.2) is 20.8 Å². The van der Waals surface area contributed by atoms with Gasteiger partial charge in [-0.1, -0.05) is 41.0 Å². The lowest BCUT2D eigenvalue weighted by molar-refractivity contribution is 0.242. The standard InChI is InChI=1S/C26H20ClN3O3/c1-16(2)32-20-12-10-17(11-13-20)24-28-25(33-29-24)23-15-30(19-7-5-6-18(27)14-19)26(31)22-9-4-3-8-21(22)23/h3-16H,1-2H3. The average Bonchev–Trinajstić information content (AvgIpc) is 3.30. The van der Waals surface area contributed by atoms with Gasteiger partial charge < -0.3 is 9.26 Å². The van der Waals surface area contributed by atoms with Crippen molar-refractivity contribution in [3.63, 3.8) is 0 Å². The molecule has 0 bridgehead atoms. The Morgan fingerprint density at radius 3 is 2.45 bits per heavy atom. The van der Waals surface area contributed by atoms with Crippen molar-refractivity contribution >= 4 is 22.4 Å². The van der Waals surface area contributed by atoms with E-state index in [4.69, 9.17) is 20.9 Å². The molecule has 0 spiro atoms. The molecule has 5 aromatic rings. The molecule has 0 aliphatic rings. The first kappa shape index (κ1) is 21.0. The Morgan fingerprint density at radius 1 is 0.970 bits per heavy atom. The molecule has 2 heterocycles. The van der Waals surface area contributed by atoms with Crippen molar-refractivity contribution in [3.05, 3.63) is 94.4 Å². The second-order valence-electron chi connectivity index (χ2n) is 7.86. The fourth-order valence-electron chi connectivity index (χ4n) is 3.68. The van der Waals surface area contributed by atoms with E-state index in [-0.39, 0.29) is 11.7 Å². The monoisotopic (exact) mass is 457 g/mol. The third-order valence-electron chi connectivity index (χ3n) is 5.15. The molecule has 0 saturated heterocycles. The van der Waals surface area contributed by atoms with E-state index in [1.165, 1.54) is 0 Å². The van der Waals surface area contributed by atoms with Crippen LogP contribution in [0.2, 0.25) is 5.02 Å². The summed E-state index contributed by atoms with van der Waals surface area (Å²) in [5, 5.41) is 5.98. The zero-order valence-electron chi connectivity index (χ0n) is 18.0. The molecule has 0 N–H and O–H groups in total. The first-order valence-corrected chi connectivity index (χ1v) is 10.9. The SMILES string of the molecule is CC(C)Oc1ccc(-c2noc(-c3cn(-c4cccc(Cl)c4)c(=O)c4ccccc34)n2)cc1. The van der Waals surface area contributed by atoms with E-state index in [9.17, 15) is 4.79 Å². The van der Waals surface area contributed by atoms with Crippen molar-refractivity contribution in [1.29, 1.82) is 0 Å². The number of aromatic nitrogens is 3. The van der Waals surface area contributed by atoms with Gasteiger partial charge in [0, 0.05) is 27.6 Å². The van der Waals surface area contributed by atoms with E-state index in [1.807, 2.05) is 62.4 Å². The van der Waals surface area contributed by atoms with Crippen molar-refractivity contribution in [2.75, 3.05) is 0 Å². The minimum Gasteiger partial charge on any atom is -0.491 e. The molecule has 164 valence electrons. The summed E-state index contributed by atoms with van der Waals surface area (Å²) in [4.78, 5) is 17.8. The lowest BCUT2D eigenvalue weighted by atomic mass is 10.1. The van der Waals surface area contributed by atoms with E-state index >= 15 is 0 Å². The van der Waals surface area contributed by atoms with Gasteiger partial charge in [-0.2, -0.15) is 4.98 Å². The highest BCUT2D eigenvalue weighted by Gasteiger charge is 2.17. The maximum absolute atomic E-state index is 13.2. The van der Waals surface area contributed by atoms with Crippen LogP contribution in [0.1, 0.15) is 13.8 Å². The molecule has 0 saturated carbocycles. The van der Waals surface area contributed by atoms with Gasteiger partial charge in [0.25, 0.3) is 11.4 Å². The summed E-state index contributed by atoms with van der Waals surface area (Å²) >= 11 is 6.17. The quantitative estimate of drug-likeness (QED) is 0.316. The van der Waals surface area contributed by atoms with Gasteiger partial charge in [0.15, 0.2) is 0 Å². The van der Waals surface area contributed by atoms with Gasteiger partial charge in [-0.05, 0) is 62.4 Å². The molecule has 0 atom stereocenters. The molecule has 0 unspecified atom stereocenters. The summed E-state index contributed by atoms with van der Waals surface area (Å²) < 4.78 is 12.9. The second kappa shape index (κ2) is 8.56. The predicted molar refractivity (Wildman–Crippen MR) is 129 cm³/mol. The maximum Gasteiger partial charge on any atom is 0.262 e. The number of benzene rings is 3. The Kier molecular flexibility index (Phi) is 5.44. The van der Waals surface area contributed by atoms with E-state index in [0.29, 0.717) is 33.4 Å². The number of halogens is 1. The number of nitrogens with zero attached hydrogens (tertiary/aromatic N) is 3. The number of rotatable bonds is 5. The normalized spacial score (nSPS) is 11.3. The Labute approximate surface area is 195 Å². The smallest absolute Gasteiger partial charge is 0.262 e. The fraction of sp³-hybridized carbons (Fsp3) is 0.115. The first-order chi connectivity index (χ1) is 16.0. The molecule has 0 aliphatic carbocycles. The number of pyridine rings is 1. The van der Waals surface area contributed by atoms with Crippen LogP contribution >= 0.6 is 11.6 Å². The number of fused-ring (bicyclic) bond motifs is 1. The van der Waals surface area contributed by atoms with Gasteiger partial charge in [0.1, 0.15) is 5.75 Å². The summed E-state index contributed by atoms with van der Waals surface area (Å²) in [5.74, 6) is 1.54. The number of ether oxygens (including phenoxy) is 1. The summed E-state index contributed by atoms with van der Waals surface area (Å²) in [6.07, 6.45) is 1.81. The van der Waals surface area contributed by atoms with Gasteiger partial charge in [-0.15, -0.1) is 0 Å². The summed E-state index contributed by atoms with van der Waals surface area (Å²) in [6.45, 7) is 3.96. The molecular formula is C26H20ClN3O3. The van der Waals surface area contributed by atoms with Crippen LogP contribution in [0.25, 0.3) is 39.3 Å². The zero-order chi connectivity index (χ0) is 22.9. The maximum atomic E-state index is 13.2. The van der Waals surface area contributed by atoms with Gasteiger partial charge in [-0.25, -0.2) is 0 Å². The molecule has 5 rings (SSSR count). The number of hydrogen-bond donors (Lipinski definition) is 0. The van der Waals surface area contributed by atoms with Crippen LogP contribution < -0.4 is 10.3 Å². The van der Waals surface area contributed by atoms with Gasteiger partial charge in [-0.3, -0.25) is 9.36 Å². The first-order valence-electron chi connectivity index (χ1n) is 10.5.